The molecule has 0 aliphatic heterocycles. The Morgan fingerprint density at radius 2 is 2.25 bits per heavy atom. The molecule has 1 amide bonds. The molecule has 0 saturated heterocycles. The number of carbonyl (C=O) groups excluding carboxylic acids is 1. The first-order chi connectivity index (χ1) is 9.49. The molecule has 0 aromatic heterocycles. The van der Waals surface area contributed by atoms with E-state index in [1.54, 1.807) is 19.1 Å². The summed E-state index contributed by atoms with van der Waals surface area (Å²) in [5.74, 6) is 0.385. The summed E-state index contributed by atoms with van der Waals surface area (Å²) in [6.45, 7) is 1.99. The largest absolute Gasteiger partial charge is 0.352 e. The predicted molar refractivity (Wildman–Crippen MR) is 75.0 cm³/mol. The van der Waals surface area contributed by atoms with E-state index in [1.807, 2.05) is 0 Å². The zero-order valence-corrected chi connectivity index (χ0v) is 11.5. The van der Waals surface area contributed by atoms with Crippen LogP contribution in [-0.4, -0.2) is 16.9 Å². The van der Waals surface area contributed by atoms with Crippen molar-refractivity contribution in [3.63, 3.8) is 0 Å². The summed E-state index contributed by atoms with van der Waals surface area (Å²) in [5.41, 5.74) is 7.31. The molecular weight excluding hydrogens is 258 g/mol. The Kier molecular flexibility index (Phi) is 4.34. The maximum Gasteiger partial charge on any atom is 0.272 e. The smallest absolute Gasteiger partial charge is 0.272 e. The quantitative estimate of drug-likeness (QED) is 0.610. The molecule has 0 radical (unpaired) electrons. The third-order valence-electron chi connectivity index (χ3n) is 3.74. The van der Waals surface area contributed by atoms with Gasteiger partial charge >= 0.3 is 0 Å². The van der Waals surface area contributed by atoms with Gasteiger partial charge in [-0.25, -0.2) is 0 Å². The lowest BCUT2D eigenvalue weighted by atomic mass is 10.1. The van der Waals surface area contributed by atoms with Crippen molar-refractivity contribution in [2.75, 3.05) is 0 Å². The zero-order chi connectivity index (χ0) is 14.7. The highest BCUT2D eigenvalue weighted by molar-refractivity contribution is 5.76. The van der Waals surface area contributed by atoms with Crippen molar-refractivity contribution in [2.24, 2.45) is 11.7 Å². The van der Waals surface area contributed by atoms with Gasteiger partial charge < -0.3 is 11.1 Å². The molecule has 20 heavy (non-hydrogen) atoms. The number of amides is 1. The van der Waals surface area contributed by atoms with Crippen molar-refractivity contribution in [2.45, 2.75) is 38.8 Å². The molecule has 6 nitrogen and oxygen atoms in total. The van der Waals surface area contributed by atoms with Crippen molar-refractivity contribution in [1.29, 1.82) is 0 Å². The molecule has 1 aliphatic carbocycles. The molecule has 0 spiro atoms. The van der Waals surface area contributed by atoms with Crippen LogP contribution in [-0.2, 0) is 11.3 Å². The second-order valence-corrected chi connectivity index (χ2v) is 5.30. The van der Waals surface area contributed by atoms with Crippen LogP contribution in [0.2, 0.25) is 0 Å². The topological polar surface area (TPSA) is 98.3 Å². The van der Waals surface area contributed by atoms with Gasteiger partial charge in [-0.3, -0.25) is 14.9 Å². The molecule has 1 aliphatic rings. The highest BCUT2D eigenvalue weighted by Gasteiger charge is 2.29. The van der Waals surface area contributed by atoms with Gasteiger partial charge in [0.25, 0.3) is 5.69 Å². The van der Waals surface area contributed by atoms with Gasteiger partial charge in [0.15, 0.2) is 0 Å². The summed E-state index contributed by atoms with van der Waals surface area (Å²) in [5, 5.41) is 13.6. The number of benzene rings is 1. The van der Waals surface area contributed by atoms with Crippen LogP contribution in [0.25, 0.3) is 0 Å². The van der Waals surface area contributed by atoms with E-state index < -0.39 is 4.92 Å². The molecule has 108 valence electrons. The molecule has 1 saturated carbocycles. The van der Waals surface area contributed by atoms with E-state index in [0.29, 0.717) is 24.4 Å². The zero-order valence-electron chi connectivity index (χ0n) is 11.5. The number of hydrogen-bond donors (Lipinski definition) is 2. The highest BCUT2D eigenvalue weighted by Crippen LogP contribution is 2.32. The Morgan fingerprint density at radius 3 is 2.85 bits per heavy atom. The van der Waals surface area contributed by atoms with Crippen molar-refractivity contribution >= 4 is 11.6 Å². The Morgan fingerprint density at radius 1 is 1.55 bits per heavy atom. The minimum Gasteiger partial charge on any atom is -0.352 e. The number of nitrogens with zero attached hydrogens (tertiary/aromatic N) is 1. The van der Waals surface area contributed by atoms with E-state index in [4.69, 9.17) is 5.73 Å². The van der Waals surface area contributed by atoms with Gasteiger partial charge in [-0.05, 0) is 31.2 Å². The first kappa shape index (κ1) is 14.5. The molecule has 1 aromatic rings. The first-order valence-electron chi connectivity index (χ1n) is 6.74. The Balaban J connectivity index is 1.91. The molecule has 0 bridgehead atoms. The van der Waals surface area contributed by atoms with E-state index in [0.717, 1.165) is 18.4 Å². The maximum absolute atomic E-state index is 11.8. The second kappa shape index (κ2) is 6.00. The van der Waals surface area contributed by atoms with E-state index in [1.165, 1.54) is 6.07 Å². The molecule has 6 heteroatoms. The molecule has 0 heterocycles. The maximum atomic E-state index is 11.8. The molecule has 1 fully saturated rings. The number of rotatable bonds is 6. The second-order valence-electron chi connectivity index (χ2n) is 5.30. The fourth-order valence-corrected chi connectivity index (χ4v) is 2.23. The van der Waals surface area contributed by atoms with Gasteiger partial charge in [-0.2, -0.15) is 0 Å². The number of nitrogens with one attached hydrogen (secondary N) is 1. The lowest BCUT2D eigenvalue weighted by Gasteiger charge is -2.11. The third-order valence-corrected chi connectivity index (χ3v) is 3.74. The van der Waals surface area contributed by atoms with Crippen LogP contribution in [0.1, 0.15) is 30.4 Å². The summed E-state index contributed by atoms with van der Waals surface area (Å²) < 4.78 is 0. The van der Waals surface area contributed by atoms with E-state index in [9.17, 15) is 14.9 Å². The van der Waals surface area contributed by atoms with Crippen LogP contribution < -0.4 is 11.1 Å². The van der Waals surface area contributed by atoms with Crippen molar-refractivity contribution in [3.8, 4) is 0 Å². The van der Waals surface area contributed by atoms with Crippen LogP contribution in [0, 0.1) is 23.0 Å². The van der Waals surface area contributed by atoms with Gasteiger partial charge in [-0.15, -0.1) is 0 Å². The van der Waals surface area contributed by atoms with E-state index in [-0.39, 0.29) is 17.6 Å². The Hall–Kier alpha value is -1.95. The highest BCUT2D eigenvalue weighted by atomic mass is 16.6. The average Bonchev–Trinajstić information content (AvgIpc) is 3.21. The predicted octanol–water partition coefficient (Wildman–Crippen LogP) is 1.65. The SMILES string of the molecule is Cc1c(CNC(=O)CC(N)C2CC2)cccc1[N+](=O)[O-]. The molecular formula is C14H19N3O3. The number of nitrogens with two attached hydrogens (primary N) is 1. The molecule has 1 unspecified atom stereocenters. The van der Waals surface area contributed by atoms with Crippen molar-refractivity contribution in [1.82, 2.24) is 5.32 Å². The summed E-state index contributed by atoms with van der Waals surface area (Å²) in [6, 6.07) is 4.80. The lowest BCUT2D eigenvalue weighted by molar-refractivity contribution is -0.385. The van der Waals surface area contributed by atoms with Crippen molar-refractivity contribution < 1.29 is 9.72 Å². The number of carbonyl (C=O) groups is 1. The number of hydrogen-bond acceptors (Lipinski definition) is 4. The Bertz CT molecular complexity index is 526. The van der Waals surface area contributed by atoms with E-state index in [2.05, 4.69) is 5.32 Å². The first-order valence-corrected chi connectivity index (χ1v) is 6.74. The van der Waals surface area contributed by atoms with Crippen LogP contribution in [0.5, 0.6) is 0 Å². The van der Waals surface area contributed by atoms with Gasteiger partial charge in [0, 0.05) is 30.6 Å². The van der Waals surface area contributed by atoms with E-state index >= 15 is 0 Å². The molecule has 1 aromatic carbocycles. The number of nitro groups is 1. The fraction of sp³-hybridized carbons (Fsp3) is 0.500. The van der Waals surface area contributed by atoms with Gasteiger partial charge in [0.05, 0.1) is 4.92 Å². The summed E-state index contributed by atoms with van der Waals surface area (Å²) >= 11 is 0. The van der Waals surface area contributed by atoms with Gasteiger partial charge in [0.2, 0.25) is 5.91 Å². The number of nitro benzene ring substituents is 1. The molecule has 1 atom stereocenters. The van der Waals surface area contributed by atoms with Crippen LogP contribution >= 0.6 is 0 Å². The van der Waals surface area contributed by atoms with Gasteiger partial charge in [-0.1, -0.05) is 12.1 Å². The average molecular weight is 277 g/mol. The monoisotopic (exact) mass is 277 g/mol. The summed E-state index contributed by atoms with van der Waals surface area (Å²) in [6.07, 6.45) is 2.54. The fourth-order valence-electron chi connectivity index (χ4n) is 2.23. The molecule has 2 rings (SSSR count). The summed E-state index contributed by atoms with van der Waals surface area (Å²) in [7, 11) is 0. The minimum absolute atomic E-state index is 0.0683. The third kappa shape index (κ3) is 3.54. The normalized spacial score (nSPS) is 15.7. The van der Waals surface area contributed by atoms with Crippen LogP contribution in [0.15, 0.2) is 18.2 Å². The van der Waals surface area contributed by atoms with Crippen LogP contribution in [0.4, 0.5) is 5.69 Å². The van der Waals surface area contributed by atoms with Gasteiger partial charge in [0.1, 0.15) is 0 Å². The molecule has 3 N–H and O–H groups in total. The minimum atomic E-state index is -0.413. The summed E-state index contributed by atoms with van der Waals surface area (Å²) in [4.78, 5) is 22.2. The lowest BCUT2D eigenvalue weighted by Crippen LogP contribution is -2.32. The standard InChI is InChI=1S/C14H19N3O3/c1-9-11(3-2-4-13(9)17(19)20)8-16-14(18)7-12(15)10-5-6-10/h2-4,10,12H,5-8,15H2,1H3,(H,16,18). The van der Waals surface area contributed by atoms with Crippen molar-refractivity contribution in [3.05, 3.63) is 39.4 Å². The Labute approximate surface area is 117 Å². The van der Waals surface area contributed by atoms with Crippen LogP contribution in [0.3, 0.4) is 0 Å².